The number of benzene rings is 1. The highest BCUT2D eigenvalue weighted by atomic mass is 19.1. The van der Waals surface area contributed by atoms with Gasteiger partial charge in [-0.05, 0) is 106 Å². The molecule has 3 aliphatic rings. The van der Waals surface area contributed by atoms with Crippen LogP contribution in [0.4, 0.5) is 4.39 Å². The average molecular weight is 1050 g/mol. The van der Waals surface area contributed by atoms with Gasteiger partial charge < -0.3 is 68.2 Å². The maximum atomic E-state index is 14.9. The zero-order valence-electron chi connectivity index (χ0n) is 47.0. The molecule has 0 spiro atoms. The molecule has 0 unspecified atom stereocenters. The summed E-state index contributed by atoms with van der Waals surface area (Å²) in [5.41, 5.74) is -1.11. The molecule has 4 heterocycles. The van der Waals surface area contributed by atoms with Crippen LogP contribution in [-0.4, -0.2) is 196 Å². The minimum absolute atomic E-state index is 0.189. The van der Waals surface area contributed by atoms with Crippen LogP contribution in [0.15, 0.2) is 35.6 Å². The van der Waals surface area contributed by atoms with Crippen molar-refractivity contribution in [1.82, 2.24) is 24.8 Å². The maximum absolute atomic E-state index is 14.9. The monoisotopic (exact) mass is 1050 g/mol. The SMILES string of the molecule is CC[C@H]1OC(=O)[C@H](C)[C@@H](O[C@H]2C[C@@](C)(OC)C[C@H](C)O2)[C@H](C)[C@@H](O[C@@H]2O[C@H](C)C[C@H](N(C)CCc3cn([C@H](CF)[C@H](OC)c4ccc(/C(C)=N/OC)cc4)nn3)[C@H]2O)[C@](C)(O)C[C@@H](C)CN(C)[C@H](C)[C@@H](O)[C@]1(C)O. The third-order valence-electron chi connectivity index (χ3n) is 16.1. The summed E-state index contributed by atoms with van der Waals surface area (Å²) in [6.07, 6.45) is -5.10. The summed E-state index contributed by atoms with van der Waals surface area (Å²) in [5, 5.41) is 61.5. The van der Waals surface area contributed by atoms with Crippen molar-refractivity contribution in [3.8, 4) is 0 Å². The Hall–Kier alpha value is -3.25. The summed E-state index contributed by atoms with van der Waals surface area (Å²) in [6.45, 7) is 20.0. The number of cyclic esters (lactones) is 1. The van der Waals surface area contributed by atoms with E-state index in [0.29, 0.717) is 50.2 Å². The van der Waals surface area contributed by atoms with Crippen LogP contribution in [0.3, 0.4) is 0 Å². The summed E-state index contributed by atoms with van der Waals surface area (Å²) in [4.78, 5) is 23.4. The number of hydrogen-bond acceptors (Lipinski definition) is 18. The Kier molecular flexibility index (Phi) is 22.0. The van der Waals surface area contributed by atoms with Crippen molar-refractivity contribution in [3.05, 3.63) is 47.3 Å². The summed E-state index contributed by atoms with van der Waals surface area (Å²) < 4.78 is 60.9. The molecule has 3 aliphatic heterocycles. The number of nitrogens with zero attached hydrogens (tertiary/aromatic N) is 6. The zero-order chi connectivity index (χ0) is 55.0. The van der Waals surface area contributed by atoms with Crippen molar-refractivity contribution < 1.29 is 67.6 Å². The number of halogens is 1. The fourth-order valence-electron chi connectivity index (χ4n) is 11.7. The summed E-state index contributed by atoms with van der Waals surface area (Å²) in [6, 6.07) is 5.65. The summed E-state index contributed by atoms with van der Waals surface area (Å²) in [5.74, 6) is -2.67. The van der Waals surface area contributed by atoms with Gasteiger partial charge >= 0.3 is 5.97 Å². The van der Waals surface area contributed by atoms with Crippen LogP contribution in [0.2, 0.25) is 0 Å². The van der Waals surface area contributed by atoms with Gasteiger partial charge in [-0.2, -0.15) is 0 Å². The van der Waals surface area contributed by atoms with Crippen LogP contribution in [0.25, 0.3) is 0 Å². The Bertz CT molecular complexity index is 2080. The van der Waals surface area contributed by atoms with Crippen LogP contribution < -0.4 is 0 Å². The Morgan fingerprint density at radius 3 is 2.27 bits per heavy atom. The van der Waals surface area contributed by atoms with E-state index >= 15 is 0 Å². The van der Waals surface area contributed by atoms with Gasteiger partial charge in [-0.15, -0.1) is 5.10 Å². The highest BCUT2D eigenvalue weighted by Gasteiger charge is 2.52. The minimum Gasteiger partial charge on any atom is -0.459 e. The zero-order valence-corrected chi connectivity index (χ0v) is 47.0. The van der Waals surface area contributed by atoms with Crippen LogP contribution in [0.1, 0.15) is 137 Å². The first-order chi connectivity index (χ1) is 34.7. The molecule has 74 heavy (non-hydrogen) atoms. The van der Waals surface area contributed by atoms with E-state index < -0.39 is 109 Å². The van der Waals surface area contributed by atoms with E-state index in [2.05, 4.69) is 15.5 Å². The second-order valence-corrected chi connectivity index (χ2v) is 22.5. The smallest absolute Gasteiger partial charge is 0.311 e. The number of aliphatic hydroxyl groups is 4. The number of aromatic nitrogens is 3. The van der Waals surface area contributed by atoms with Gasteiger partial charge in [-0.1, -0.05) is 55.4 Å². The van der Waals surface area contributed by atoms with Crippen molar-refractivity contribution in [2.45, 2.75) is 211 Å². The fourth-order valence-corrected chi connectivity index (χ4v) is 11.7. The molecule has 3 saturated heterocycles. The second kappa shape index (κ2) is 26.4. The van der Waals surface area contributed by atoms with E-state index in [0.717, 1.165) is 11.1 Å². The molecule has 0 amide bonds. The number of rotatable bonds is 17. The molecule has 0 saturated carbocycles. The molecular formula is C54H91FN6O13. The lowest BCUT2D eigenvalue weighted by Gasteiger charge is -2.48. The third kappa shape index (κ3) is 14.9. The number of carbonyl (C=O) groups excluding carboxylic acids is 1. The quantitative estimate of drug-likeness (QED) is 0.0885. The fraction of sp³-hybridized carbons (Fsp3) is 0.815. The second-order valence-electron chi connectivity index (χ2n) is 22.5. The normalized spacial score (nSPS) is 38.5. The molecule has 0 radical (unpaired) electrons. The Labute approximate surface area is 439 Å². The predicted octanol–water partition coefficient (Wildman–Crippen LogP) is 5.40. The first-order valence-corrected chi connectivity index (χ1v) is 26.5. The molecule has 0 aliphatic carbocycles. The number of hydrogen-bond donors (Lipinski definition) is 4. The molecule has 19 atom stereocenters. The predicted molar refractivity (Wildman–Crippen MR) is 276 cm³/mol. The Balaban J connectivity index is 1.42. The van der Waals surface area contributed by atoms with Crippen molar-refractivity contribution >= 4 is 11.7 Å². The summed E-state index contributed by atoms with van der Waals surface area (Å²) in [7, 11) is 8.40. The van der Waals surface area contributed by atoms with Crippen molar-refractivity contribution in [2.24, 2.45) is 22.9 Å². The Morgan fingerprint density at radius 2 is 1.66 bits per heavy atom. The third-order valence-corrected chi connectivity index (χ3v) is 16.1. The first kappa shape index (κ1) is 61.6. The molecule has 5 rings (SSSR count). The lowest BCUT2D eigenvalue weighted by atomic mass is 9.77. The number of likely N-dealkylation sites (N-methyl/N-ethyl adjacent to an activating group) is 2. The molecule has 1 aromatic heterocycles. The van der Waals surface area contributed by atoms with Gasteiger partial charge in [0, 0.05) is 70.8 Å². The number of oxime groups is 1. The average Bonchev–Trinajstić information content (AvgIpc) is 3.82. The van der Waals surface area contributed by atoms with Gasteiger partial charge in [0.1, 0.15) is 49.8 Å². The molecule has 2 aromatic rings. The number of esters is 1. The number of ether oxygens (including phenoxy) is 7. The molecule has 1 aromatic carbocycles. The van der Waals surface area contributed by atoms with E-state index in [-0.39, 0.29) is 31.0 Å². The molecule has 20 heteroatoms. The van der Waals surface area contributed by atoms with Crippen LogP contribution >= 0.6 is 0 Å². The van der Waals surface area contributed by atoms with E-state index in [4.69, 9.17) is 38.0 Å². The lowest BCUT2D eigenvalue weighted by molar-refractivity contribution is -0.310. The minimum atomic E-state index is -1.82. The molecule has 422 valence electrons. The molecule has 0 bridgehead atoms. The van der Waals surface area contributed by atoms with Crippen LogP contribution in [0.5, 0.6) is 0 Å². The van der Waals surface area contributed by atoms with E-state index in [1.807, 2.05) is 89.7 Å². The lowest BCUT2D eigenvalue weighted by Crippen LogP contribution is -2.60. The standard InChI is InChI=1S/C54H91FN6O13/c1-17-43-54(11,66)48(63)37(8)60(13)29-31(2)25-53(10,65)49(34(5)46(35(6)50(64)72-43)73-44-27-52(9,68-15)26-33(4)70-44)74-51-45(62)41(24-32(3)71-51)59(12)23-22-40-30-61(58-56-40)42(28-55)47(67-14)39-20-18-38(19-21-39)36(7)57-69-16/h18-21,30-35,37,41-49,51,62-63,65-66H,17,22-29H2,1-16H3/b57-36+/t31-,32-,33+,34+,35-,37-,41+,42-,43-,44+,45-,46+,47-,48-,49-,51+,52+,53-,54-/m1/s1. The molecule has 19 nitrogen and oxygen atoms in total. The van der Waals surface area contributed by atoms with E-state index in [9.17, 15) is 29.6 Å². The highest BCUT2D eigenvalue weighted by Crippen LogP contribution is 2.40. The van der Waals surface area contributed by atoms with E-state index in [1.54, 1.807) is 41.0 Å². The maximum Gasteiger partial charge on any atom is 0.311 e. The molecular weight excluding hydrogens is 960 g/mol. The van der Waals surface area contributed by atoms with Gasteiger partial charge in [0.15, 0.2) is 12.6 Å². The topological polar surface area (TPSA) is 221 Å². The van der Waals surface area contributed by atoms with Crippen molar-refractivity contribution in [3.63, 3.8) is 0 Å². The van der Waals surface area contributed by atoms with Crippen LogP contribution in [0, 0.1) is 17.8 Å². The Morgan fingerprint density at radius 1 is 0.986 bits per heavy atom. The van der Waals surface area contributed by atoms with Crippen LogP contribution in [-0.2, 0) is 49.2 Å². The number of carbonyl (C=O) groups is 1. The van der Waals surface area contributed by atoms with Gasteiger partial charge in [0.25, 0.3) is 0 Å². The van der Waals surface area contributed by atoms with Gasteiger partial charge in [0.05, 0.1) is 52.9 Å². The number of alkyl halides is 1. The summed E-state index contributed by atoms with van der Waals surface area (Å²) >= 11 is 0. The van der Waals surface area contributed by atoms with Crippen molar-refractivity contribution in [2.75, 3.05) is 55.2 Å². The largest absolute Gasteiger partial charge is 0.459 e. The molecule has 4 N–H and O–H groups in total. The molecule has 3 fully saturated rings. The van der Waals surface area contributed by atoms with Gasteiger partial charge in [-0.3, -0.25) is 4.79 Å². The van der Waals surface area contributed by atoms with Gasteiger partial charge in [-0.25, -0.2) is 9.07 Å². The first-order valence-electron chi connectivity index (χ1n) is 26.5. The highest BCUT2D eigenvalue weighted by molar-refractivity contribution is 5.98. The van der Waals surface area contributed by atoms with Crippen molar-refractivity contribution in [1.29, 1.82) is 0 Å². The van der Waals surface area contributed by atoms with Gasteiger partial charge in [0.2, 0.25) is 0 Å². The number of aliphatic hydroxyl groups excluding tert-OH is 2. The van der Waals surface area contributed by atoms with E-state index in [1.165, 1.54) is 25.8 Å². The number of methoxy groups -OCH3 is 2.